The fourth-order valence-corrected chi connectivity index (χ4v) is 2.21. The van der Waals surface area contributed by atoms with Crippen LogP contribution >= 0.6 is 0 Å². The molecule has 0 aromatic carbocycles. The first-order valence-corrected chi connectivity index (χ1v) is 6.83. The summed E-state index contributed by atoms with van der Waals surface area (Å²) >= 11 is 0. The first kappa shape index (κ1) is 14.1. The van der Waals surface area contributed by atoms with E-state index in [0.717, 1.165) is 31.5 Å². The summed E-state index contributed by atoms with van der Waals surface area (Å²) in [5.74, 6) is 0.107. The molecule has 5 heteroatoms. The lowest BCUT2D eigenvalue weighted by Gasteiger charge is -2.23. The fraction of sp³-hybridized carbons (Fsp3) is 0.643. The number of ether oxygens (including phenoxy) is 1. The van der Waals surface area contributed by atoms with Gasteiger partial charge in [0.25, 0.3) is 0 Å². The molecule has 2 rings (SSSR count). The zero-order valence-electron chi connectivity index (χ0n) is 11.4. The van der Waals surface area contributed by atoms with Crippen molar-refractivity contribution in [2.24, 2.45) is 0 Å². The zero-order chi connectivity index (χ0) is 13.5. The van der Waals surface area contributed by atoms with Crippen LogP contribution in [0.3, 0.4) is 0 Å². The van der Waals surface area contributed by atoms with Gasteiger partial charge < -0.3 is 19.4 Å². The Morgan fingerprint density at radius 1 is 1.53 bits per heavy atom. The average molecular weight is 266 g/mol. The van der Waals surface area contributed by atoms with Crippen molar-refractivity contribution in [1.82, 2.24) is 10.2 Å². The van der Waals surface area contributed by atoms with Gasteiger partial charge in [0.1, 0.15) is 0 Å². The van der Waals surface area contributed by atoms with Gasteiger partial charge in [0.2, 0.25) is 5.91 Å². The van der Waals surface area contributed by atoms with E-state index in [0.29, 0.717) is 25.7 Å². The van der Waals surface area contributed by atoms with E-state index in [9.17, 15) is 4.79 Å². The maximum absolute atomic E-state index is 11.9. The number of piperidine rings is 1. The molecule has 0 atom stereocenters. The Bertz CT molecular complexity index is 372. The summed E-state index contributed by atoms with van der Waals surface area (Å²) in [4.78, 5) is 13.6. The fourth-order valence-electron chi connectivity index (χ4n) is 2.21. The Morgan fingerprint density at radius 3 is 3.00 bits per heavy atom. The summed E-state index contributed by atoms with van der Waals surface area (Å²) in [6.07, 6.45) is 6.12. The lowest BCUT2D eigenvalue weighted by atomic mass is 10.1. The van der Waals surface area contributed by atoms with Gasteiger partial charge >= 0.3 is 0 Å². The largest absolute Gasteiger partial charge is 0.472 e. The third-order valence-corrected chi connectivity index (χ3v) is 3.38. The van der Waals surface area contributed by atoms with E-state index in [-0.39, 0.29) is 5.91 Å². The third kappa shape index (κ3) is 4.69. The highest BCUT2D eigenvalue weighted by atomic mass is 16.5. The van der Waals surface area contributed by atoms with E-state index in [1.807, 2.05) is 6.07 Å². The molecular formula is C14H22N2O3. The second kappa shape index (κ2) is 7.31. The van der Waals surface area contributed by atoms with Crippen molar-refractivity contribution < 1.29 is 13.9 Å². The van der Waals surface area contributed by atoms with Crippen LogP contribution in [0, 0.1) is 0 Å². The first-order valence-electron chi connectivity index (χ1n) is 6.83. The van der Waals surface area contributed by atoms with Crippen molar-refractivity contribution in [3.8, 4) is 0 Å². The number of hydrogen-bond donors (Lipinski definition) is 1. The summed E-state index contributed by atoms with van der Waals surface area (Å²) < 4.78 is 10.7. The molecule has 1 aliphatic heterocycles. The van der Waals surface area contributed by atoms with Crippen LogP contribution in [0.1, 0.15) is 24.8 Å². The average Bonchev–Trinajstić information content (AvgIpc) is 2.92. The number of hydrogen-bond acceptors (Lipinski definition) is 4. The standard InChI is InChI=1S/C14H22N2O3/c1-16(10-12-4-8-18-11-12)14(17)5-9-19-13-2-6-15-7-3-13/h4,8,11,13,15H,2-3,5-7,9-10H2,1H3. The molecule has 0 bridgehead atoms. The topological polar surface area (TPSA) is 54.7 Å². The molecule has 19 heavy (non-hydrogen) atoms. The summed E-state index contributed by atoms with van der Waals surface area (Å²) in [7, 11) is 1.81. The van der Waals surface area contributed by atoms with Gasteiger partial charge in [0, 0.05) is 19.2 Å². The number of amides is 1. The Kier molecular flexibility index (Phi) is 5.42. The molecule has 0 saturated carbocycles. The van der Waals surface area contributed by atoms with Crippen LogP contribution in [0.4, 0.5) is 0 Å². The molecule has 1 aromatic rings. The summed E-state index contributed by atoms with van der Waals surface area (Å²) in [6.45, 7) is 3.12. The maximum Gasteiger partial charge on any atom is 0.224 e. The van der Waals surface area contributed by atoms with Gasteiger partial charge in [-0.15, -0.1) is 0 Å². The zero-order valence-corrected chi connectivity index (χ0v) is 11.4. The van der Waals surface area contributed by atoms with Gasteiger partial charge in [0.15, 0.2) is 0 Å². The molecule has 1 amide bonds. The molecule has 0 radical (unpaired) electrons. The van der Waals surface area contributed by atoms with Crippen LogP contribution in [-0.2, 0) is 16.1 Å². The smallest absolute Gasteiger partial charge is 0.224 e. The SMILES string of the molecule is CN(Cc1ccoc1)C(=O)CCOC1CCNCC1. The van der Waals surface area contributed by atoms with E-state index >= 15 is 0 Å². The Labute approximate surface area is 113 Å². The van der Waals surface area contributed by atoms with Crippen LogP contribution in [-0.4, -0.2) is 43.7 Å². The van der Waals surface area contributed by atoms with Gasteiger partial charge in [-0.3, -0.25) is 4.79 Å². The van der Waals surface area contributed by atoms with Crippen LogP contribution in [0.15, 0.2) is 23.0 Å². The molecule has 2 heterocycles. The third-order valence-electron chi connectivity index (χ3n) is 3.38. The van der Waals surface area contributed by atoms with Gasteiger partial charge in [-0.1, -0.05) is 0 Å². The Balaban J connectivity index is 1.63. The van der Waals surface area contributed by atoms with E-state index in [1.165, 1.54) is 0 Å². The number of nitrogens with one attached hydrogen (secondary N) is 1. The van der Waals surface area contributed by atoms with E-state index in [1.54, 1.807) is 24.5 Å². The van der Waals surface area contributed by atoms with Crippen molar-refractivity contribution >= 4 is 5.91 Å². The van der Waals surface area contributed by atoms with Crippen molar-refractivity contribution in [2.75, 3.05) is 26.7 Å². The molecule has 1 aliphatic rings. The van der Waals surface area contributed by atoms with E-state index in [2.05, 4.69) is 5.32 Å². The molecule has 5 nitrogen and oxygen atoms in total. The first-order chi connectivity index (χ1) is 9.25. The lowest BCUT2D eigenvalue weighted by molar-refractivity contribution is -0.132. The monoisotopic (exact) mass is 266 g/mol. The van der Waals surface area contributed by atoms with Crippen molar-refractivity contribution in [1.29, 1.82) is 0 Å². The number of rotatable bonds is 6. The predicted octanol–water partition coefficient (Wildman–Crippen LogP) is 1.40. The second-order valence-corrected chi connectivity index (χ2v) is 4.95. The van der Waals surface area contributed by atoms with Gasteiger partial charge in [-0.25, -0.2) is 0 Å². The molecule has 1 aromatic heterocycles. The van der Waals surface area contributed by atoms with Gasteiger partial charge in [-0.2, -0.15) is 0 Å². The van der Waals surface area contributed by atoms with Crippen molar-refractivity contribution in [3.63, 3.8) is 0 Å². The van der Waals surface area contributed by atoms with E-state index < -0.39 is 0 Å². The highest BCUT2D eigenvalue weighted by molar-refractivity contribution is 5.75. The van der Waals surface area contributed by atoms with Crippen molar-refractivity contribution in [2.45, 2.75) is 31.9 Å². The minimum Gasteiger partial charge on any atom is -0.472 e. The molecule has 0 spiro atoms. The summed E-state index contributed by atoms with van der Waals surface area (Å²) in [5.41, 5.74) is 1.01. The number of carbonyl (C=O) groups excluding carboxylic acids is 1. The molecule has 106 valence electrons. The minimum atomic E-state index is 0.107. The maximum atomic E-state index is 11.9. The highest BCUT2D eigenvalue weighted by Gasteiger charge is 2.15. The second-order valence-electron chi connectivity index (χ2n) is 4.95. The van der Waals surface area contributed by atoms with Crippen LogP contribution in [0.5, 0.6) is 0 Å². The highest BCUT2D eigenvalue weighted by Crippen LogP contribution is 2.09. The van der Waals surface area contributed by atoms with Crippen LogP contribution in [0.25, 0.3) is 0 Å². The normalized spacial score (nSPS) is 16.5. The Hall–Kier alpha value is -1.33. The van der Waals surface area contributed by atoms with E-state index in [4.69, 9.17) is 9.15 Å². The van der Waals surface area contributed by atoms with Crippen molar-refractivity contribution in [3.05, 3.63) is 24.2 Å². The predicted molar refractivity (Wildman–Crippen MR) is 71.6 cm³/mol. The van der Waals surface area contributed by atoms with Crippen LogP contribution in [0.2, 0.25) is 0 Å². The molecule has 1 saturated heterocycles. The minimum absolute atomic E-state index is 0.107. The number of furan rings is 1. The molecular weight excluding hydrogens is 244 g/mol. The quantitative estimate of drug-likeness (QED) is 0.845. The summed E-state index contributed by atoms with van der Waals surface area (Å²) in [5, 5.41) is 3.29. The van der Waals surface area contributed by atoms with Gasteiger partial charge in [0.05, 0.1) is 31.7 Å². The molecule has 1 fully saturated rings. The van der Waals surface area contributed by atoms with Gasteiger partial charge in [-0.05, 0) is 32.0 Å². The molecule has 1 N–H and O–H groups in total. The lowest BCUT2D eigenvalue weighted by Crippen LogP contribution is -2.33. The number of nitrogens with zero attached hydrogens (tertiary/aromatic N) is 1. The van der Waals surface area contributed by atoms with Crippen LogP contribution < -0.4 is 5.32 Å². The number of carbonyl (C=O) groups is 1. The molecule has 0 aliphatic carbocycles. The molecule has 0 unspecified atom stereocenters. The summed E-state index contributed by atoms with van der Waals surface area (Å²) in [6, 6.07) is 1.87. The Morgan fingerprint density at radius 2 is 2.32 bits per heavy atom.